The van der Waals surface area contributed by atoms with Crippen LogP contribution in [0.4, 0.5) is 0 Å². The Kier molecular flexibility index (Phi) is 6.12. The van der Waals surface area contributed by atoms with E-state index in [0.29, 0.717) is 5.75 Å². The summed E-state index contributed by atoms with van der Waals surface area (Å²) >= 11 is 1.62. The van der Waals surface area contributed by atoms with Crippen LogP contribution < -0.4 is 0 Å². The Morgan fingerprint density at radius 1 is 1.33 bits per heavy atom. The summed E-state index contributed by atoms with van der Waals surface area (Å²) < 4.78 is 5.19. The third-order valence-electron chi connectivity index (χ3n) is 1.91. The van der Waals surface area contributed by atoms with E-state index in [1.54, 1.807) is 11.8 Å². The lowest BCUT2D eigenvalue weighted by Crippen LogP contribution is -2.04. The second-order valence-electron chi connectivity index (χ2n) is 3.04. The minimum absolute atomic E-state index is 0.192. The summed E-state index contributed by atoms with van der Waals surface area (Å²) in [4.78, 5) is 11.6. The summed E-state index contributed by atoms with van der Waals surface area (Å²) in [6.45, 7) is 3.44. The van der Waals surface area contributed by atoms with Gasteiger partial charge in [0.05, 0.1) is 12.4 Å². The topological polar surface area (TPSA) is 26.3 Å². The predicted octanol–water partition coefficient (Wildman–Crippen LogP) is 2.64. The number of carbonyl (C=O) groups excluding carboxylic acids is 1. The highest BCUT2D eigenvalue weighted by Crippen LogP contribution is 2.06. The Balaban J connectivity index is 2.20. The minimum atomic E-state index is 0.192. The maximum absolute atomic E-state index is 11.6. The fourth-order valence-electron chi connectivity index (χ4n) is 1.13. The zero-order valence-electron chi connectivity index (χ0n) is 8.94. The first-order chi connectivity index (χ1) is 7.34. The van der Waals surface area contributed by atoms with Crippen molar-refractivity contribution in [3.05, 3.63) is 35.9 Å². The zero-order chi connectivity index (χ0) is 10.9. The molecule has 0 spiro atoms. The van der Waals surface area contributed by atoms with Gasteiger partial charge >= 0.3 is 0 Å². The highest BCUT2D eigenvalue weighted by Gasteiger charge is 2.03. The van der Waals surface area contributed by atoms with E-state index in [9.17, 15) is 4.79 Å². The van der Waals surface area contributed by atoms with Crippen LogP contribution in [-0.2, 0) is 4.74 Å². The van der Waals surface area contributed by atoms with E-state index >= 15 is 0 Å². The van der Waals surface area contributed by atoms with Gasteiger partial charge in [-0.2, -0.15) is 11.8 Å². The molecule has 0 heterocycles. The number of thioether (sulfide) groups is 1. The number of hydrogen-bond donors (Lipinski definition) is 0. The third-order valence-corrected chi connectivity index (χ3v) is 2.83. The molecule has 15 heavy (non-hydrogen) atoms. The Bertz CT molecular complexity index is 285. The molecule has 0 saturated carbocycles. The van der Waals surface area contributed by atoms with E-state index < -0.39 is 0 Å². The lowest BCUT2D eigenvalue weighted by atomic mass is 10.2. The number of benzene rings is 1. The van der Waals surface area contributed by atoms with Crippen LogP contribution in [0.2, 0.25) is 0 Å². The lowest BCUT2D eigenvalue weighted by molar-refractivity contribution is 0.102. The van der Waals surface area contributed by atoms with Crippen LogP contribution in [0, 0.1) is 0 Å². The summed E-state index contributed by atoms with van der Waals surface area (Å²) in [7, 11) is 0. The first-order valence-electron chi connectivity index (χ1n) is 5.08. The lowest BCUT2D eigenvalue weighted by Gasteiger charge is -2.01. The molecule has 0 fully saturated rings. The highest BCUT2D eigenvalue weighted by atomic mass is 32.2. The number of ketones is 1. The molecule has 0 N–H and O–H groups in total. The minimum Gasteiger partial charge on any atom is -0.381 e. The maximum Gasteiger partial charge on any atom is 0.172 e. The van der Waals surface area contributed by atoms with Gasteiger partial charge in [0.15, 0.2) is 5.78 Å². The summed E-state index contributed by atoms with van der Waals surface area (Å²) in [5.74, 6) is 1.61. The Morgan fingerprint density at radius 3 is 2.73 bits per heavy atom. The number of Topliss-reactive ketones (excluding diaryl/α,β-unsaturated/α-hetero) is 1. The second-order valence-corrected chi connectivity index (χ2v) is 4.14. The molecule has 0 radical (unpaired) electrons. The van der Waals surface area contributed by atoms with Crippen LogP contribution in [0.5, 0.6) is 0 Å². The van der Waals surface area contributed by atoms with Crippen LogP contribution in [0.3, 0.4) is 0 Å². The molecule has 3 heteroatoms. The molecular weight excluding hydrogens is 208 g/mol. The summed E-state index contributed by atoms with van der Waals surface area (Å²) in [6.07, 6.45) is 0. The van der Waals surface area contributed by atoms with Crippen molar-refractivity contribution in [2.45, 2.75) is 6.92 Å². The van der Waals surface area contributed by atoms with Gasteiger partial charge in [-0.05, 0) is 6.92 Å². The molecule has 1 rings (SSSR count). The van der Waals surface area contributed by atoms with Crippen LogP contribution in [0.25, 0.3) is 0 Å². The van der Waals surface area contributed by atoms with E-state index in [-0.39, 0.29) is 5.78 Å². The molecular formula is C12H16O2S. The molecule has 82 valence electrons. The van der Waals surface area contributed by atoms with E-state index in [4.69, 9.17) is 4.74 Å². The molecule has 0 aromatic heterocycles. The number of hydrogen-bond acceptors (Lipinski definition) is 3. The monoisotopic (exact) mass is 224 g/mol. The van der Waals surface area contributed by atoms with Crippen LogP contribution in [0.1, 0.15) is 17.3 Å². The molecule has 0 aliphatic carbocycles. The maximum atomic E-state index is 11.6. The predicted molar refractivity (Wildman–Crippen MR) is 64.6 cm³/mol. The van der Waals surface area contributed by atoms with Crippen molar-refractivity contribution in [1.82, 2.24) is 0 Å². The molecule has 0 amide bonds. The fraction of sp³-hybridized carbons (Fsp3) is 0.417. The van der Waals surface area contributed by atoms with Crippen LogP contribution >= 0.6 is 11.8 Å². The van der Waals surface area contributed by atoms with Crippen molar-refractivity contribution in [2.75, 3.05) is 24.7 Å². The van der Waals surface area contributed by atoms with Gasteiger partial charge in [-0.3, -0.25) is 4.79 Å². The van der Waals surface area contributed by atoms with E-state index in [2.05, 4.69) is 0 Å². The summed E-state index contributed by atoms with van der Waals surface area (Å²) in [5.41, 5.74) is 0.793. The molecule has 2 nitrogen and oxygen atoms in total. The molecule has 1 aromatic carbocycles. The van der Waals surface area contributed by atoms with Crippen molar-refractivity contribution < 1.29 is 9.53 Å². The summed E-state index contributed by atoms with van der Waals surface area (Å²) in [6, 6.07) is 9.39. The zero-order valence-corrected chi connectivity index (χ0v) is 9.76. The fourth-order valence-corrected chi connectivity index (χ4v) is 1.87. The van der Waals surface area contributed by atoms with Gasteiger partial charge in [-0.1, -0.05) is 30.3 Å². The van der Waals surface area contributed by atoms with Crippen LogP contribution in [-0.4, -0.2) is 30.5 Å². The Labute approximate surface area is 95.0 Å². The second kappa shape index (κ2) is 7.49. The standard InChI is InChI=1S/C12H16O2S/c1-2-14-8-9-15-10-12(13)11-6-4-3-5-7-11/h3-7H,2,8-10H2,1H3. The van der Waals surface area contributed by atoms with Gasteiger partial charge in [0.25, 0.3) is 0 Å². The number of ether oxygens (including phenoxy) is 1. The van der Waals surface area contributed by atoms with Gasteiger partial charge in [0, 0.05) is 17.9 Å². The van der Waals surface area contributed by atoms with Gasteiger partial charge in [0.2, 0.25) is 0 Å². The van der Waals surface area contributed by atoms with E-state index in [1.165, 1.54) is 0 Å². The van der Waals surface area contributed by atoms with Gasteiger partial charge in [-0.25, -0.2) is 0 Å². The molecule has 0 saturated heterocycles. The SMILES string of the molecule is CCOCCSCC(=O)c1ccccc1. The Hall–Kier alpha value is -0.800. The molecule has 0 atom stereocenters. The smallest absolute Gasteiger partial charge is 0.172 e. The third kappa shape index (κ3) is 5.00. The first-order valence-corrected chi connectivity index (χ1v) is 6.23. The van der Waals surface area contributed by atoms with Crippen molar-refractivity contribution in [1.29, 1.82) is 0 Å². The van der Waals surface area contributed by atoms with Gasteiger partial charge in [-0.15, -0.1) is 0 Å². The van der Waals surface area contributed by atoms with Crippen molar-refractivity contribution in [3.63, 3.8) is 0 Å². The average molecular weight is 224 g/mol. The van der Waals surface area contributed by atoms with Crippen LogP contribution in [0.15, 0.2) is 30.3 Å². The van der Waals surface area contributed by atoms with Crippen molar-refractivity contribution >= 4 is 17.5 Å². The van der Waals surface area contributed by atoms with E-state index in [0.717, 1.165) is 24.5 Å². The van der Waals surface area contributed by atoms with Crippen molar-refractivity contribution in [2.24, 2.45) is 0 Å². The Morgan fingerprint density at radius 2 is 2.07 bits per heavy atom. The quantitative estimate of drug-likeness (QED) is 0.526. The highest BCUT2D eigenvalue weighted by molar-refractivity contribution is 8.00. The summed E-state index contributed by atoms with van der Waals surface area (Å²) in [5, 5.41) is 0. The molecule has 0 bridgehead atoms. The van der Waals surface area contributed by atoms with Crippen molar-refractivity contribution in [3.8, 4) is 0 Å². The number of carbonyl (C=O) groups is 1. The molecule has 0 aliphatic rings. The normalized spacial score (nSPS) is 10.2. The number of rotatable bonds is 7. The van der Waals surface area contributed by atoms with E-state index in [1.807, 2.05) is 37.3 Å². The van der Waals surface area contributed by atoms with Gasteiger partial charge in [0.1, 0.15) is 0 Å². The molecule has 0 unspecified atom stereocenters. The molecule has 1 aromatic rings. The van der Waals surface area contributed by atoms with Gasteiger partial charge < -0.3 is 4.74 Å². The molecule has 0 aliphatic heterocycles. The first kappa shape index (κ1) is 12.3. The average Bonchev–Trinajstić information content (AvgIpc) is 2.30. The largest absolute Gasteiger partial charge is 0.381 e.